The zero-order valence-corrected chi connectivity index (χ0v) is 18.3. The molecule has 1 atom stereocenters. The molecule has 3 aromatic rings. The van der Waals surface area contributed by atoms with Crippen LogP contribution in [0.2, 0.25) is 0 Å². The molecule has 8 heteroatoms. The Balaban J connectivity index is 1.59. The Kier molecular flexibility index (Phi) is 5.48. The van der Waals surface area contributed by atoms with Crippen LogP contribution < -0.4 is 10.5 Å². The number of piperidine rings is 1. The number of anilines is 1. The van der Waals surface area contributed by atoms with Gasteiger partial charge in [0.2, 0.25) is 5.95 Å². The Morgan fingerprint density at radius 3 is 2.53 bits per heavy atom. The number of aliphatic hydroxyl groups is 1. The van der Waals surface area contributed by atoms with Gasteiger partial charge in [0, 0.05) is 37.4 Å². The first-order valence-corrected chi connectivity index (χ1v) is 11.1. The van der Waals surface area contributed by atoms with E-state index in [-0.39, 0.29) is 11.1 Å². The number of aliphatic hydroxyl groups excluding tert-OH is 1. The summed E-state index contributed by atoms with van der Waals surface area (Å²) >= 11 is 0. The largest absolute Gasteiger partial charge is 0.387 e. The minimum atomic E-state index is -0.682. The molecule has 5 rings (SSSR count). The van der Waals surface area contributed by atoms with Crippen LogP contribution in [0.5, 0.6) is 0 Å². The molecule has 0 amide bonds. The van der Waals surface area contributed by atoms with Gasteiger partial charge in [0.05, 0.1) is 24.0 Å². The van der Waals surface area contributed by atoms with Crippen LogP contribution >= 0.6 is 0 Å². The zero-order valence-electron chi connectivity index (χ0n) is 18.3. The SMILES string of the molecule is CN1CCC2(CC1)CCn1c(nc(-c3ccncn3)cc1=O)N2C[C@@H](O)c1ccccc1. The molecule has 8 nitrogen and oxygen atoms in total. The van der Waals surface area contributed by atoms with Crippen LogP contribution in [0.1, 0.15) is 30.9 Å². The molecule has 1 spiro atoms. The van der Waals surface area contributed by atoms with E-state index in [1.165, 1.54) is 6.33 Å². The molecule has 0 radical (unpaired) electrons. The molecule has 2 aromatic heterocycles. The van der Waals surface area contributed by atoms with Crippen molar-refractivity contribution < 1.29 is 5.11 Å². The second-order valence-electron chi connectivity index (χ2n) is 8.84. The van der Waals surface area contributed by atoms with Gasteiger partial charge in [-0.05, 0) is 37.9 Å². The van der Waals surface area contributed by atoms with Crippen molar-refractivity contribution in [2.45, 2.75) is 37.5 Å². The fourth-order valence-electron chi connectivity index (χ4n) is 4.93. The average Bonchev–Trinajstić information content (AvgIpc) is 2.83. The van der Waals surface area contributed by atoms with Crippen molar-refractivity contribution in [1.29, 1.82) is 0 Å². The number of fused-ring (bicyclic) bond motifs is 1. The number of nitrogens with zero attached hydrogens (tertiary/aromatic N) is 6. The van der Waals surface area contributed by atoms with Gasteiger partial charge in [-0.25, -0.2) is 15.0 Å². The van der Waals surface area contributed by atoms with Gasteiger partial charge < -0.3 is 14.9 Å². The Hall–Kier alpha value is -3.10. The van der Waals surface area contributed by atoms with Crippen LogP contribution in [-0.4, -0.2) is 61.7 Å². The van der Waals surface area contributed by atoms with E-state index in [2.05, 4.69) is 26.8 Å². The van der Waals surface area contributed by atoms with Crippen LogP contribution in [0.3, 0.4) is 0 Å². The number of aromatic nitrogens is 4. The first-order valence-electron chi connectivity index (χ1n) is 11.1. The van der Waals surface area contributed by atoms with Crippen molar-refractivity contribution in [1.82, 2.24) is 24.4 Å². The van der Waals surface area contributed by atoms with Gasteiger partial charge in [-0.15, -0.1) is 0 Å². The molecule has 166 valence electrons. The van der Waals surface area contributed by atoms with Gasteiger partial charge in [-0.2, -0.15) is 0 Å². The zero-order chi connectivity index (χ0) is 22.1. The van der Waals surface area contributed by atoms with Crippen molar-refractivity contribution in [3.05, 3.63) is 70.9 Å². The van der Waals surface area contributed by atoms with E-state index in [1.807, 2.05) is 30.3 Å². The molecule has 0 aliphatic carbocycles. The molecule has 4 heterocycles. The van der Waals surface area contributed by atoms with Crippen LogP contribution in [0.4, 0.5) is 5.95 Å². The highest BCUT2D eigenvalue weighted by Gasteiger charge is 2.44. The quantitative estimate of drug-likeness (QED) is 0.676. The number of hydrogen-bond acceptors (Lipinski definition) is 7. The molecule has 1 fully saturated rings. The van der Waals surface area contributed by atoms with Crippen molar-refractivity contribution >= 4 is 5.95 Å². The van der Waals surface area contributed by atoms with Crippen molar-refractivity contribution in [3.8, 4) is 11.4 Å². The molecule has 1 aromatic carbocycles. The molecule has 0 unspecified atom stereocenters. The van der Waals surface area contributed by atoms with E-state index in [0.29, 0.717) is 30.4 Å². The van der Waals surface area contributed by atoms with Crippen LogP contribution in [-0.2, 0) is 6.54 Å². The number of likely N-dealkylation sites (tertiary alicyclic amines) is 1. The topological polar surface area (TPSA) is 87.4 Å². The van der Waals surface area contributed by atoms with Crippen LogP contribution in [0.25, 0.3) is 11.4 Å². The van der Waals surface area contributed by atoms with E-state index < -0.39 is 6.10 Å². The fraction of sp³-hybridized carbons (Fsp3) is 0.417. The van der Waals surface area contributed by atoms with E-state index in [4.69, 9.17) is 4.98 Å². The fourth-order valence-corrected chi connectivity index (χ4v) is 4.93. The molecule has 32 heavy (non-hydrogen) atoms. The van der Waals surface area contributed by atoms with Gasteiger partial charge >= 0.3 is 0 Å². The first-order chi connectivity index (χ1) is 15.6. The lowest BCUT2D eigenvalue weighted by atomic mass is 9.81. The average molecular weight is 433 g/mol. The lowest BCUT2D eigenvalue weighted by molar-refractivity contribution is 0.125. The van der Waals surface area contributed by atoms with E-state index >= 15 is 0 Å². The van der Waals surface area contributed by atoms with Gasteiger partial charge in [0.25, 0.3) is 5.56 Å². The Labute approximate surface area is 187 Å². The summed E-state index contributed by atoms with van der Waals surface area (Å²) in [6, 6.07) is 13.0. The number of rotatable bonds is 4. The second kappa shape index (κ2) is 8.44. The third-order valence-corrected chi connectivity index (χ3v) is 6.90. The summed E-state index contributed by atoms with van der Waals surface area (Å²) in [4.78, 5) is 30.8. The predicted octanol–water partition coefficient (Wildman–Crippen LogP) is 2.11. The maximum Gasteiger partial charge on any atom is 0.255 e. The Morgan fingerprint density at radius 2 is 1.81 bits per heavy atom. The summed E-state index contributed by atoms with van der Waals surface area (Å²) < 4.78 is 1.74. The summed E-state index contributed by atoms with van der Waals surface area (Å²) in [5, 5.41) is 11.1. The van der Waals surface area contributed by atoms with Crippen LogP contribution in [0, 0.1) is 0 Å². The smallest absolute Gasteiger partial charge is 0.255 e. The highest BCUT2D eigenvalue weighted by molar-refractivity contribution is 5.56. The predicted molar refractivity (Wildman–Crippen MR) is 122 cm³/mol. The molecule has 1 saturated heterocycles. The summed E-state index contributed by atoms with van der Waals surface area (Å²) in [5.41, 5.74) is 1.79. The number of hydrogen-bond donors (Lipinski definition) is 1. The summed E-state index contributed by atoms with van der Waals surface area (Å²) in [6.07, 6.45) is 5.24. The molecule has 0 saturated carbocycles. The molecular formula is C24H28N6O2. The van der Waals surface area contributed by atoms with Crippen LogP contribution in [0.15, 0.2) is 59.8 Å². The van der Waals surface area contributed by atoms with Crippen molar-refractivity contribution in [2.75, 3.05) is 31.6 Å². The molecule has 1 N–H and O–H groups in total. The normalized spacial score (nSPS) is 19.0. The molecule has 2 aliphatic heterocycles. The summed E-state index contributed by atoms with van der Waals surface area (Å²) in [5.74, 6) is 0.622. The van der Waals surface area contributed by atoms with Crippen molar-refractivity contribution in [2.24, 2.45) is 0 Å². The van der Waals surface area contributed by atoms with E-state index in [9.17, 15) is 9.90 Å². The second-order valence-corrected chi connectivity index (χ2v) is 8.84. The third-order valence-electron chi connectivity index (χ3n) is 6.90. The standard InChI is InChI=1S/C24H28N6O2/c1-28-12-8-24(9-13-28)10-14-29-22(32)15-20(19-7-11-25-17-26-19)27-23(29)30(24)16-21(31)18-5-3-2-4-6-18/h2-7,11,15,17,21,31H,8-10,12-14,16H2,1H3/t21-/m1/s1. The van der Waals surface area contributed by atoms with Gasteiger partial charge in [-0.1, -0.05) is 30.3 Å². The minimum absolute atomic E-state index is 0.0920. The lowest BCUT2D eigenvalue weighted by Gasteiger charge is -2.52. The molecule has 0 bridgehead atoms. The monoisotopic (exact) mass is 432 g/mol. The number of benzene rings is 1. The summed E-state index contributed by atoms with van der Waals surface area (Å²) in [7, 11) is 2.14. The molecule has 2 aliphatic rings. The number of β-amino-alcohol motifs (C(OH)–C–C–N with tert-alkyl or cyclic N) is 1. The summed E-state index contributed by atoms with van der Waals surface area (Å²) in [6.45, 7) is 2.97. The third kappa shape index (κ3) is 3.80. The Morgan fingerprint density at radius 1 is 1.06 bits per heavy atom. The minimum Gasteiger partial charge on any atom is -0.387 e. The van der Waals surface area contributed by atoms with E-state index in [1.54, 1.807) is 22.9 Å². The highest BCUT2D eigenvalue weighted by atomic mass is 16.3. The first kappa shape index (κ1) is 20.8. The lowest BCUT2D eigenvalue weighted by Crippen LogP contribution is -2.60. The van der Waals surface area contributed by atoms with Gasteiger partial charge in [0.1, 0.15) is 6.33 Å². The maximum atomic E-state index is 13.1. The van der Waals surface area contributed by atoms with E-state index in [0.717, 1.165) is 37.9 Å². The van der Waals surface area contributed by atoms with Gasteiger partial charge in [0.15, 0.2) is 0 Å². The van der Waals surface area contributed by atoms with Crippen molar-refractivity contribution in [3.63, 3.8) is 0 Å². The Bertz CT molecular complexity index is 1130. The maximum absolute atomic E-state index is 13.1. The highest BCUT2D eigenvalue weighted by Crippen LogP contribution is 2.40. The van der Waals surface area contributed by atoms with Gasteiger partial charge in [-0.3, -0.25) is 9.36 Å². The molecular weight excluding hydrogens is 404 g/mol.